The monoisotopic (exact) mass is 352 g/mol. The molecule has 0 spiro atoms. The smallest absolute Gasteiger partial charge is 0.273 e. The van der Waals surface area contributed by atoms with Crippen LogP contribution in [-0.2, 0) is 11.3 Å². The molecule has 2 aromatic carbocycles. The highest BCUT2D eigenvalue weighted by molar-refractivity contribution is 7.13. The molecule has 1 aromatic heterocycles. The molecule has 3 aromatic rings. The second kappa shape index (κ2) is 8.55. The quantitative estimate of drug-likeness (QED) is 0.643. The summed E-state index contributed by atoms with van der Waals surface area (Å²) in [4.78, 5) is 19.2. The van der Waals surface area contributed by atoms with Crippen LogP contribution in [0.2, 0.25) is 0 Å². The van der Waals surface area contributed by atoms with Crippen molar-refractivity contribution >= 4 is 17.2 Å². The van der Waals surface area contributed by atoms with Gasteiger partial charge in [0.15, 0.2) is 0 Å². The molecular formula is C20H20N2O2S. The number of carbonyl (C=O) groups is 1. The molecule has 0 saturated heterocycles. The minimum Gasteiger partial charge on any atom is -0.383 e. The summed E-state index contributed by atoms with van der Waals surface area (Å²) in [6, 6.07) is 19.9. The lowest BCUT2D eigenvalue weighted by atomic mass is 10.2. The first-order chi connectivity index (χ1) is 12.3. The lowest BCUT2D eigenvalue weighted by Crippen LogP contribution is -2.33. The summed E-state index contributed by atoms with van der Waals surface area (Å²) in [5, 5.41) is 2.69. The first-order valence-electron chi connectivity index (χ1n) is 8.11. The van der Waals surface area contributed by atoms with Gasteiger partial charge in [0.2, 0.25) is 0 Å². The first kappa shape index (κ1) is 17.3. The van der Waals surface area contributed by atoms with E-state index in [9.17, 15) is 4.79 Å². The third-order valence-electron chi connectivity index (χ3n) is 3.81. The van der Waals surface area contributed by atoms with Crippen LogP contribution in [0.5, 0.6) is 0 Å². The standard InChI is InChI=1S/C20H20N2O2S/c1-24-13-12-22(14-16-8-4-2-5-9-16)20(23)18-15-25-19(21-18)17-10-6-3-7-11-17/h2-11,15H,12-14H2,1H3. The van der Waals surface area contributed by atoms with Crippen LogP contribution in [0.3, 0.4) is 0 Å². The molecule has 4 nitrogen and oxygen atoms in total. The molecule has 0 fully saturated rings. The lowest BCUT2D eigenvalue weighted by Gasteiger charge is -2.21. The number of rotatable bonds is 7. The molecule has 25 heavy (non-hydrogen) atoms. The number of methoxy groups -OCH3 is 1. The largest absolute Gasteiger partial charge is 0.383 e. The fourth-order valence-electron chi connectivity index (χ4n) is 2.50. The second-order valence-corrected chi connectivity index (χ2v) is 6.47. The van der Waals surface area contributed by atoms with E-state index >= 15 is 0 Å². The highest BCUT2D eigenvalue weighted by Crippen LogP contribution is 2.24. The van der Waals surface area contributed by atoms with E-state index in [0.29, 0.717) is 25.4 Å². The second-order valence-electron chi connectivity index (χ2n) is 5.61. The zero-order valence-corrected chi connectivity index (χ0v) is 14.9. The summed E-state index contributed by atoms with van der Waals surface area (Å²) in [6.07, 6.45) is 0. The van der Waals surface area contributed by atoms with Crippen LogP contribution in [0.1, 0.15) is 16.1 Å². The predicted octanol–water partition coefficient (Wildman–Crippen LogP) is 4.10. The molecule has 0 saturated carbocycles. The first-order valence-corrected chi connectivity index (χ1v) is 8.99. The summed E-state index contributed by atoms with van der Waals surface area (Å²) in [5.41, 5.74) is 2.60. The van der Waals surface area contributed by atoms with Crippen LogP contribution in [0.15, 0.2) is 66.0 Å². The maximum absolute atomic E-state index is 12.9. The van der Waals surface area contributed by atoms with Crippen molar-refractivity contribution in [1.82, 2.24) is 9.88 Å². The SMILES string of the molecule is COCCN(Cc1ccccc1)C(=O)c1csc(-c2ccccc2)n1. The van der Waals surface area contributed by atoms with Crippen LogP contribution < -0.4 is 0 Å². The number of ether oxygens (including phenoxy) is 1. The van der Waals surface area contributed by atoms with E-state index in [1.807, 2.05) is 66.0 Å². The van der Waals surface area contributed by atoms with Gasteiger partial charge in [-0.05, 0) is 5.56 Å². The van der Waals surface area contributed by atoms with Crippen molar-refractivity contribution < 1.29 is 9.53 Å². The molecule has 0 atom stereocenters. The summed E-state index contributed by atoms with van der Waals surface area (Å²) in [7, 11) is 1.64. The van der Waals surface area contributed by atoms with E-state index in [4.69, 9.17) is 4.74 Å². The Morgan fingerprint density at radius 3 is 2.44 bits per heavy atom. The van der Waals surface area contributed by atoms with Crippen molar-refractivity contribution in [2.45, 2.75) is 6.54 Å². The van der Waals surface area contributed by atoms with E-state index < -0.39 is 0 Å². The van der Waals surface area contributed by atoms with Crippen molar-refractivity contribution in [3.05, 3.63) is 77.3 Å². The van der Waals surface area contributed by atoms with Gasteiger partial charge >= 0.3 is 0 Å². The molecule has 0 aliphatic carbocycles. The minimum absolute atomic E-state index is 0.0701. The molecule has 3 rings (SSSR count). The molecule has 1 amide bonds. The molecule has 0 unspecified atom stereocenters. The van der Waals surface area contributed by atoms with Crippen molar-refractivity contribution in [2.75, 3.05) is 20.3 Å². The summed E-state index contributed by atoms with van der Waals surface area (Å²) >= 11 is 1.49. The van der Waals surface area contributed by atoms with Crippen molar-refractivity contribution in [3.63, 3.8) is 0 Å². The van der Waals surface area contributed by atoms with Gasteiger partial charge in [0, 0.05) is 31.1 Å². The normalized spacial score (nSPS) is 10.6. The van der Waals surface area contributed by atoms with Gasteiger partial charge in [-0.3, -0.25) is 4.79 Å². The highest BCUT2D eigenvalue weighted by Gasteiger charge is 2.19. The summed E-state index contributed by atoms with van der Waals surface area (Å²) in [6.45, 7) is 1.57. The molecule has 0 N–H and O–H groups in total. The number of nitrogens with zero attached hydrogens (tertiary/aromatic N) is 2. The number of aromatic nitrogens is 1. The summed E-state index contributed by atoms with van der Waals surface area (Å²) < 4.78 is 5.16. The molecule has 1 heterocycles. The molecule has 0 aliphatic rings. The molecule has 0 bridgehead atoms. The number of thiazole rings is 1. The van der Waals surface area contributed by atoms with Crippen molar-refractivity contribution in [1.29, 1.82) is 0 Å². The Morgan fingerprint density at radius 2 is 1.76 bits per heavy atom. The van der Waals surface area contributed by atoms with Crippen molar-refractivity contribution in [3.8, 4) is 10.6 Å². The Labute approximate surface area is 151 Å². The van der Waals surface area contributed by atoms with Gasteiger partial charge in [-0.15, -0.1) is 11.3 Å². The van der Waals surface area contributed by atoms with E-state index in [1.165, 1.54) is 11.3 Å². The van der Waals surface area contributed by atoms with Gasteiger partial charge in [-0.2, -0.15) is 0 Å². The van der Waals surface area contributed by atoms with E-state index in [1.54, 1.807) is 12.0 Å². The zero-order valence-electron chi connectivity index (χ0n) is 14.1. The highest BCUT2D eigenvalue weighted by atomic mass is 32.1. The topological polar surface area (TPSA) is 42.4 Å². The van der Waals surface area contributed by atoms with Gasteiger partial charge in [0.1, 0.15) is 10.7 Å². The van der Waals surface area contributed by atoms with Crippen LogP contribution in [0, 0.1) is 0 Å². The maximum atomic E-state index is 12.9. The molecule has 0 radical (unpaired) electrons. The zero-order chi connectivity index (χ0) is 17.5. The van der Waals surface area contributed by atoms with Crippen LogP contribution >= 0.6 is 11.3 Å². The van der Waals surface area contributed by atoms with E-state index in [2.05, 4.69) is 4.98 Å². The van der Waals surface area contributed by atoms with Crippen LogP contribution in [0.4, 0.5) is 0 Å². The van der Waals surface area contributed by atoms with Crippen molar-refractivity contribution in [2.24, 2.45) is 0 Å². The third-order valence-corrected chi connectivity index (χ3v) is 4.70. The summed E-state index contributed by atoms with van der Waals surface area (Å²) in [5.74, 6) is -0.0701. The number of benzene rings is 2. The average Bonchev–Trinajstić information content (AvgIpc) is 3.16. The van der Waals surface area contributed by atoms with Gasteiger partial charge in [-0.1, -0.05) is 60.7 Å². The molecular weight excluding hydrogens is 332 g/mol. The Balaban J connectivity index is 1.78. The van der Waals surface area contributed by atoms with E-state index in [-0.39, 0.29) is 5.91 Å². The van der Waals surface area contributed by atoms with Gasteiger partial charge in [0.25, 0.3) is 5.91 Å². The Bertz CT molecular complexity index is 803. The fraction of sp³-hybridized carbons (Fsp3) is 0.200. The third kappa shape index (κ3) is 4.53. The van der Waals surface area contributed by atoms with Gasteiger partial charge in [-0.25, -0.2) is 4.98 Å². The predicted molar refractivity (Wildman–Crippen MR) is 101 cm³/mol. The number of hydrogen-bond donors (Lipinski definition) is 0. The maximum Gasteiger partial charge on any atom is 0.273 e. The molecule has 128 valence electrons. The van der Waals surface area contributed by atoms with Crippen LogP contribution in [-0.4, -0.2) is 36.1 Å². The molecule has 0 aliphatic heterocycles. The Morgan fingerprint density at radius 1 is 1.08 bits per heavy atom. The van der Waals surface area contributed by atoms with Gasteiger partial charge in [0.05, 0.1) is 6.61 Å². The average molecular weight is 352 g/mol. The lowest BCUT2D eigenvalue weighted by molar-refractivity contribution is 0.0675. The Hall–Kier alpha value is -2.50. The van der Waals surface area contributed by atoms with Gasteiger partial charge < -0.3 is 9.64 Å². The number of carbonyl (C=O) groups excluding carboxylic acids is 1. The number of hydrogen-bond acceptors (Lipinski definition) is 4. The van der Waals surface area contributed by atoms with E-state index in [0.717, 1.165) is 16.1 Å². The van der Waals surface area contributed by atoms with Crippen LogP contribution in [0.25, 0.3) is 10.6 Å². The fourth-order valence-corrected chi connectivity index (χ4v) is 3.30. The Kier molecular flexibility index (Phi) is 5.93. The number of amides is 1. The molecule has 5 heteroatoms. The minimum atomic E-state index is -0.0701.